The van der Waals surface area contributed by atoms with Gasteiger partial charge in [-0.15, -0.1) is 11.3 Å². The predicted octanol–water partition coefficient (Wildman–Crippen LogP) is 4.90. The lowest BCUT2D eigenvalue weighted by atomic mass is 10.1. The molecule has 24 heavy (non-hydrogen) atoms. The van der Waals surface area contributed by atoms with Crippen molar-refractivity contribution in [1.29, 1.82) is 0 Å². The first kappa shape index (κ1) is 17.7. The normalized spacial score (nSPS) is 15.5. The van der Waals surface area contributed by atoms with E-state index in [1.807, 2.05) is 13.0 Å². The summed E-state index contributed by atoms with van der Waals surface area (Å²) in [5.74, 6) is 0.0250. The van der Waals surface area contributed by atoms with Crippen molar-refractivity contribution >= 4 is 40.4 Å². The Bertz CT molecular complexity index is 701. The average Bonchev–Trinajstić information content (AvgIpc) is 3.24. The molecule has 1 unspecified atom stereocenters. The lowest BCUT2D eigenvalue weighted by molar-refractivity contribution is -0.123. The number of benzene rings is 1. The van der Waals surface area contributed by atoms with E-state index >= 15 is 0 Å². The van der Waals surface area contributed by atoms with E-state index < -0.39 is 0 Å². The van der Waals surface area contributed by atoms with Gasteiger partial charge in [0, 0.05) is 27.5 Å². The summed E-state index contributed by atoms with van der Waals surface area (Å²) < 4.78 is 0. The molecule has 1 aliphatic rings. The summed E-state index contributed by atoms with van der Waals surface area (Å²) in [4.78, 5) is 16.0. The van der Waals surface area contributed by atoms with Gasteiger partial charge in [-0.3, -0.25) is 9.69 Å². The van der Waals surface area contributed by atoms with E-state index in [1.54, 1.807) is 23.5 Å². The van der Waals surface area contributed by atoms with Crippen molar-refractivity contribution in [3.63, 3.8) is 0 Å². The molecule has 0 radical (unpaired) electrons. The number of amides is 1. The summed E-state index contributed by atoms with van der Waals surface area (Å²) in [5.41, 5.74) is 0.880. The molecule has 0 aliphatic heterocycles. The Morgan fingerprint density at radius 1 is 1.38 bits per heavy atom. The zero-order chi connectivity index (χ0) is 17.1. The molecule has 1 aromatic heterocycles. The number of hydrogen-bond donors (Lipinski definition) is 1. The molecule has 128 valence electrons. The van der Waals surface area contributed by atoms with Gasteiger partial charge in [-0.1, -0.05) is 35.3 Å². The Hall–Kier alpha value is -1.07. The first-order valence-electron chi connectivity index (χ1n) is 8.03. The summed E-state index contributed by atoms with van der Waals surface area (Å²) in [7, 11) is 0. The lowest BCUT2D eigenvalue weighted by Crippen LogP contribution is -2.39. The van der Waals surface area contributed by atoms with Gasteiger partial charge < -0.3 is 5.32 Å². The molecule has 0 saturated heterocycles. The summed E-state index contributed by atoms with van der Waals surface area (Å²) >= 11 is 13.9. The van der Waals surface area contributed by atoms with Crippen molar-refractivity contribution in [2.45, 2.75) is 38.4 Å². The average molecular weight is 383 g/mol. The zero-order valence-electron chi connectivity index (χ0n) is 13.5. The number of nitrogens with one attached hydrogen (secondary N) is 1. The molecular weight excluding hydrogens is 363 g/mol. The van der Waals surface area contributed by atoms with Crippen molar-refractivity contribution in [1.82, 2.24) is 10.2 Å². The van der Waals surface area contributed by atoms with Crippen LogP contribution in [0.2, 0.25) is 10.0 Å². The Kier molecular flexibility index (Phi) is 5.82. The minimum absolute atomic E-state index is 0.0250. The molecule has 1 heterocycles. The van der Waals surface area contributed by atoms with Crippen LogP contribution < -0.4 is 5.32 Å². The van der Waals surface area contributed by atoms with E-state index in [1.165, 1.54) is 17.7 Å². The standard InChI is InChI=1S/C18H20Cl2N2OS/c1-12(16-7-4-13(19)9-17(16)20)21-18(23)11-22(14-5-6-14)10-15-3-2-8-24-15/h2-4,7-9,12,14H,5-6,10-11H2,1H3,(H,21,23). The van der Waals surface area contributed by atoms with Gasteiger partial charge in [0.2, 0.25) is 5.91 Å². The first-order valence-corrected chi connectivity index (χ1v) is 9.67. The molecule has 2 aromatic rings. The summed E-state index contributed by atoms with van der Waals surface area (Å²) in [6.45, 7) is 3.19. The highest BCUT2D eigenvalue weighted by Crippen LogP contribution is 2.29. The Labute approximate surface area is 156 Å². The molecule has 0 spiro atoms. The maximum absolute atomic E-state index is 12.5. The van der Waals surface area contributed by atoms with Crippen molar-refractivity contribution < 1.29 is 4.79 Å². The molecule has 1 saturated carbocycles. The zero-order valence-corrected chi connectivity index (χ0v) is 15.8. The van der Waals surface area contributed by atoms with Crippen molar-refractivity contribution in [2.75, 3.05) is 6.54 Å². The van der Waals surface area contributed by atoms with Crippen LogP contribution in [0.3, 0.4) is 0 Å². The van der Waals surface area contributed by atoms with Crippen LogP contribution >= 0.6 is 34.5 Å². The minimum Gasteiger partial charge on any atom is -0.348 e. The van der Waals surface area contributed by atoms with Crippen LogP contribution in [-0.4, -0.2) is 23.4 Å². The highest BCUT2D eigenvalue weighted by atomic mass is 35.5. The molecule has 3 nitrogen and oxygen atoms in total. The Morgan fingerprint density at radius 2 is 2.17 bits per heavy atom. The van der Waals surface area contributed by atoms with E-state index in [0.29, 0.717) is 22.6 Å². The molecule has 1 N–H and O–H groups in total. The number of nitrogens with zero attached hydrogens (tertiary/aromatic N) is 1. The fraction of sp³-hybridized carbons (Fsp3) is 0.389. The predicted molar refractivity (Wildman–Crippen MR) is 101 cm³/mol. The second-order valence-electron chi connectivity index (χ2n) is 6.17. The number of rotatable bonds is 7. The van der Waals surface area contributed by atoms with Crippen molar-refractivity contribution in [2.24, 2.45) is 0 Å². The van der Waals surface area contributed by atoms with Gasteiger partial charge in [0.15, 0.2) is 0 Å². The Balaban J connectivity index is 1.59. The first-order chi connectivity index (χ1) is 11.5. The third-order valence-corrected chi connectivity index (χ3v) is 5.58. The smallest absolute Gasteiger partial charge is 0.234 e. The quantitative estimate of drug-likeness (QED) is 0.738. The van der Waals surface area contributed by atoms with Gasteiger partial charge in [0.25, 0.3) is 0 Å². The molecule has 1 amide bonds. The maximum atomic E-state index is 12.5. The molecule has 0 bridgehead atoms. The second kappa shape index (κ2) is 7.87. The Morgan fingerprint density at radius 3 is 2.79 bits per heavy atom. The summed E-state index contributed by atoms with van der Waals surface area (Å²) in [5, 5.41) is 6.29. The van der Waals surface area contributed by atoms with Crippen molar-refractivity contribution in [3.8, 4) is 0 Å². The SMILES string of the molecule is CC(NC(=O)CN(Cc1cccs1)C1CC1)c1ccc(Cl)cc1Cl. The van der Waals surface area contributed by atoms with Gasteiger partial charge >= 0.3 is 0 Å². The van der Waals surface area contributed by atoms with Gasteiger partial charge in [-0.2, -0.15) is 0 Å². The fourth-order valence-corrected chi connectivity index (χ4v) is 4.06. The fourth-order valence-electron chi connectivity index (χ4n) is 2.76. The summed E-state index contributed by atoms with van der Waals surface area (Å²) in [6, 6.07) is 9.91. The van der Waals surface area contributed by atoms with E-state index in [9.17, 15) is 4.79 Å². The van der Waals surface area contributed by atoms with Crippen LogP contribution in [0.25, 0.3) is 0 Å². The highest BCUT2D eigenvalue weighted by Gasteiger charge is 2.30. The van der Waals surface area contributed by atoms with Crippen LogP contribution in [0.5, 0.6) is 0 Å². The third-order valence-electron chi connectivity index (χ3n) is 4.16. The molecule has 6 heteroatoms. The largest absolute Gasteiger partial charge is 0.348 e. The van der Waals surface area contributed by atoms with E-state index in [2.05, 4.69) is 27.7 Å². The van der Waals surface area contributed by atoms with Gasteiger partial charge in [0.05, 0.1) is 12.6 Å². The van der Waals surface area contributed by atoms with Crippen LogP contribution in [0, 0.1) is 0 Å². The second-order valence-corrected chi connectivity index (χ2v) is 8.05. The van der Waals surface area contributed by atoms with Crippen LogP contribution in [0.4, 0.5) is 0 Å². The number of halogens is 2. The highest BCUT2D eigenvalue weighted by molar-refractivity contribution is 7.09. The summed E-state index contributed by atoms with van der Waals surface area (Å²) in [6.07, 6.45) is 2.36. The van der Waals surface area contributed by atoms with Crippen LogP contribution in [-0.2, 0) is 11.3 Å². The number of carbonyl (C=O) groups excluding carboxylic acids is 1. The molecule has 1 atom stereocenters. The van der Waals surface area contributed by atoms with Crippen molar-refractivity contribution in [3.05, 3.63) is 56.2 Å². The van der Waals surface area contributed by atoms with E-state index in [-0.39, 0.29) is 11.9 Å². The van der Waals surface area contributed by atoms with Gasteiger partial charge in [-0.25, -0.2) is 0 Å². The molecule has 1 aliphatic carbocycles. The minimum atomic E-state index is -0.148. The molecule has 1 aromatic carbocycles. The van der Waals surface area contributed by atoms with Gasteiger partial charge in [-0.05, 0) is 48.9 Å². The lowest BCUT2D eigenvalue weighted by Gasteiger charge is -2.22. The van der Waals surface area contributed by atoms with E-state index in [0.717, 1.165) is 12.1 Å². The third kappa shape index (κ3) is 4.73. The number of hydrogen-bond acceptors (Lipinski definition) is 3. The number of carbonyl (C=O) groups is 1. The van der Waals surface area contributed by atoms with Crippen LogP contribution in [0.15, 0.2) is 35.7 Å². The molecule has 3 rings (SSSR count). The van der Waals surface area contributed by atoms with E-state index in [4.69, 9.17) is 23.2 Å². The molecule has 1 fully saturated rings. The molecular formula is C18H20Cl2N2OS. The van der Waals surface area contributed by atoms with Gasteiger partial charge in [0.1, 0.15) is 0 Å². The number of thiophene rings is 1. The monoisotopic (exact) mass is 382 g/mol. The maximum Gasteiger partial charge on any atom is 0.234 e. The topological polar surface area (TPSA) is 32.3 Å². The van der Waals surface area contributed by atoms with Crippen LogP contribution in [0.1, 0.15) is 36.2 Å².